The van der Waals surface area contributed by atoms with Crippen molar-refractivity contribution in [1.82, 2.24) is 0 Å². The molecule has 0 N–H and O–H groups in total. The molecule has 0 aliphatic heterocycles. The van der Waals surface area contributed by atoms with E-state index in [-0.39, 0.29) is 17.0 Å². The molecular formula is C13H10Cl2F2. The quantitative estimate of drug-likeness (QED) is 0.638. The van der Waals surface area contributed by atoms with E-state index in [9.17, 15) is 8.78 Å². The monoisotopic (exact) mass is 274 g/mol. The summed E-state index contributed by atoms with van der Waals surface area (Å²) in [6, 6.07) is 12.2. The lowest BCUT2D eigenvalue weighted by molar-refractivity contribution is 0.625. The maximum atomic E-state index is 13.3. The molecule has 0 nitrogen and oxygen atoms in total. The highest BCUT2D eigenvalue weighted by atomic mass is 35.5. The maximum Gasteiger partial charge on any atom is 0.131 e. The Morgan fingerprint density at radius 3 is 1.88 bits per heavy atom. The summed E-state index contributed by atoms with van der Waals surface area (Å²) < 4.78 is 25.9. The molecule has 0 aromatic heterocycles. The van der Waals surface area contributed by atoms with E-state index in [1.165, 1.54) is 18.2 Å². The van der Waals surface area contributed by atoms with Crippen LogP contribution in [-0.4, -0.2) is 5.34 Å². The lowest BCUT2D eigenvalue weighted by Crippen LogP contribution is -1.83. The van der Waals surface area contributed by atoms with Crippen LogP contribution in [0.15, 0.2) is 48.5 Å². The molecule has 0 saturated carbocycles. The maximum absolute atomic E-state index is 13.3. The number of hydrogen-bond acceptors (Lipinski definition) is 0. The van der Waals surface area contributed by atoms with Gasteiger partial charge in [0.25, 0.3) is 0 Å². The molecule has 0 heterocycles. The Labute approximate surface area is 109 Å². The highest BCUT2D eigenvalue weighted by Crippen LogP contribution is 2.22. The lowest BCUT2D eigenvalue weighted by Gasteiger charge is -2.02. The first-order valence-corrected chi connectivity index (χ1v) is 5.88. The third kappa shape index (κ3) is 4.33. The topological polar surface area (TPSA) is 0 Å². The van der Waals surface area contributed by atoms with E-state index >= 15 is 0 Å². The van der Waals surface area contributed by atoms with Crippen molar-refractivity contribution in [2.24, 2.45) is 0 Å². The molecule has 0 atom stereocenters. The first-order valence-electron chi connectivity index (χ1n) is 4.81. The Morgan fingerprint density at radius 1 is 0.824 bits per heavy atom. The summed E-state index contributed by atoms with van der Waals surface area (Å²) in [6.07, 6.45) is 0. The van der Waals surface area contributed by atoms with E-state index in [0.717, 1.165) is 0 Å². The summed E-state index contributed by atoms with van der Waals surface area (Å²) in [5, 5.41) is 0.194. The van der Waals surface area contributed by atoms with Gasteiger partial charge in [0.05, 0.1) is 5.34 Å². The molecule has 2 aromatic rings. The molecule has 0 unspecified atom stereocenters. The second-order valence-electron chi connectivity index (χ2n) is 3.09. The summed E-state index contributed by atoms with van der Waals surface area (Å²) in [7, 11) is 0. The summed E-state index contributed by atoms with van der Waals surface area (Å²) in [6.45, 7) is 0. The zero-order valence-electron chi connectivity index (χ0n) is 8.84. The fourth-order valence-corrected chi connectivity index (χ4v) is 1.32. The van der Waals surface area contributed by atoms with Gasteiger partial charge >= 0.3 is 0 Å². The fourth-order valence-electron chi connectivity index (χ4n) is 1.32. The van der Waals surface area contributed by atoms with Gasteiger partial charge in [0.15, 0.2) is 0 Å². The van der Waals surface area contributed by atoms with Crippen LogP contribution in [0.1, 0.15) is 0 Å². The molecule has 90 valence electrons. The predicted octanol–water partition coefficient (Wildman–Crippen LogP) is 5.05. The van der Waals surface area contributed by atoms with E-state index in [4.69, 9.17) is 23.2 Å². The second-order valence-corrected chi connectivity index (χ2v) is 3.90. The molecule has 17 heavy (non-hydrogen) atoms. The Hall–Kier alpha value is -1.12. The van der Waals surface area contributed by atoms with E-state index in [1.807, 2.05) is 0 Å². The summed E-state index contributed by atoms with van der Waals surface area (Å²) in [4.78, 5) is 0. The molecule has 4 heteroatoms. The standard InChI is InChI=1S/C12H8F2.CH2Cl2/c13-10-7-5-9(6-8-10)11-3-1-2-4-12(11)14;2-1-3/h1-8H;1H2. The van der Waals surface area contributed by atoms with Gasteiger partial charge < -0.3 is 0 Å². The lowest BCUT2D eigenvalue weighted by atomic mass is 10.1. The zero-order valence-corrected chi connectivity index (χ0v) is 10.3. The highest BCUT2D eigenvalue weighted by Gasteiger charge is 2.02. The summed E-state index contributed by atoms with van der Waals surface area (Å²) >= 11 is 9.53. The third-order valence-electron chi connectivity index (χ3n) is 2.03. The van der Waals surface area contributed by atoms with Crippen LogP contribution in [-0.2, 0) is 0 Å². The molecule has 0 aliphatic rings. The molecule has 0 fully saturated rings. The molecule has 0 spiro atoms. The zero-order chi connectivity index (χ0) is 12.7. The minimum atomic E-state index is -0.315. The molecule has 0 radical (unpaired) electrons. The SMILES string of the molecule is ClCCl.Fc1ccc(-c2ccccc2F)cc1. The van der Waals surface area contributed by atoms with Crippen LogP contribution >= 0.6 is 23.2 Å². The van der Waals surface area contributed by atoms with Gasteiger partial charge in [-0.15, -0.1) is 23.2 Å². The van der Waals surface area contributed by atoms with Crippen LogP contribution in [0.4, 0.5) is 8.78 Å². The molecule has 2 rings (SSSR count). The van der Waals surface area contributed by atoms with Gasteiger partial charge in [0, 0.05) is 5.56 Å². The van der Waals surface area contributed by atoms with Gasteiger partial charge in [-0.25, -0.2) is 8.78 Å². The van der Waals surface area contributed by atoms with Crippen molar-refractivity contribution in [2.45, 2.75) is 0 Å². The van der Waals surface area contributed by atoms with Crippen molar-refractivity contribution < 1.29 is 8.78 Å². The first kappa shape index (κ1) is 13.9. The van der Waals surface area contributed by atoms with Gasteiger partial charge in [-0.1, -0.05) is 30.3 Å². The third-order valence-corrected chi connectivity index (χ3v) is 2.03. The largest absolute Gasteiger partial charge is 0.207 e. The van der Waals surface area contributed by atoms with Gasteiger partial charge in [0.1, 0.15) is 11.6 Å². The van der Waals surface area contributed by atoms with Gasteiger partial charge in [-0.3, -0.25) is 0 Å². The molecular weight excluding hydrogens is 265 g/mol. The number of benzene rings is 2. The van der Waals surface area contributed by atoms with Crippen LogP contribution in [0.3, 0.4) is 0 Å². The number of alkyl halides is 2. The Kier molecular flexibility index (Phi) is 5.95. The van der Waals surface area contributed by atoms with Crippen molar-refractivity contribution in [2.75, 3.05) is 5.34 Å². The van der Waals surface area contributed by atoms with Gasteiger partial charge in [-0.05, 0) is 23.8 Å². The Morgan fingerprint density at radius 2 is 1.35 bits per heavy atom. The van der Waals surface area contributed by atoms with Crippen LogP contribution in [0.2, 0.25) is 0 Å². The van der Waals surface area contributed by atoms with Crippen molar-refractivity contribution >= 4 is 23.2 Å². The smallest absolute Gasteiger partial charge is 0.131 e. The van der Waals surface area contributed by atoms with Gasteiger partial charge in [-0.2, -0.15) is 0 Å². The Bertz CT molecular complexity index is 455. The van der Waals surface area contributed by atoms with Crippen molar-refractivity contribution in [3.63, 3.8) is 0 Å². The van der Waals surface area contributed by atoms with Crippen LogP contribution in [0.25, 0.3) is 11.1 Å². The Balaban J connectivity index is 0.000000437. The number of rotatable bonds is 1. The van der Waals surface area contributed by atoms with E-state index in [2.05, 4.69) is 0 Å². The minimum absolute atomic E-state index is 0.194. The summed E-state index contributed by atoms with van der Waals surface area (Å²) in [5.41, 5.74) is 1.18. The average Bonchev–Trinajstić information content (AvgIpc) is 2.32. The molecule has 0 bridgehead atoms. The van der Waals surface area contributed by atoms with Gasteiger partial charge in [0.2, 0.25) is 0 Å². The van der Waals surface area contributed by atoms with E-state index in [0.29, 0.717) is 11.1 Å². The van der Waals surface area contributed by atoms with Crippen LogP contribution in [0, 0.1) is 11.6 Å². The normalized spacial score (nSPS) is 9.41. The molecule has 0 aliphatic carbocycles. The number of halogens is 4. The van der Waals surface area contributed by atoms with Crippen molar-refractivity contribution in [1.29, 1.82) is 0 Å². The average molecular weight is 275 g/mol. The van der Waals surface area contributed by atoms with Crippen molar-refractivity contribution in [3.8, 4) is 11.1 Å². The molecule has 2 aromatic carbocycles. The van der Waals surface area contributed by atoms with Crippen LogP contribution in [0.5, 0.6) is 0 Å². The number of hydrogen-bond donors (Lipinski definition) is 0. The van der Waals surface area contributed by atoms with Crippen LogP contribution < -0.4 is 0 Å². The molecule has 0 amide bonds. The first-order chi connectivity index (χ1) is 8.19. The predicted molar refractivity (Wildman–Crippen MR) is 68.4 cm³/mol. The fraction of sp³-hybridized carbons (Fsp3) is 0.0769. The molecule has 0 saturated heterocycles. The second kappa shape index (κ2) is 7.25. The van der Waals surface area contributed by atoms with Crippen molar-refractivity contribution in [3.05, 3.63) is 60.2 Å². The highest BCUT2D eigenvalue weighted by molar-refractivity contribution is 6.40. The van der Waals surface area contributed by atoms with E-state index in [1.54, 1.807) is 30.3 Å². The van der Waals surface area contributed by atoms with E-state index < -0.39 is 0 Å². The minimum Gasteiger partial charge on any atom is -0.207 e. The summed E-state index contributed by atoms with van der Waals surface area (Å²) in [5.74, 6) is -0.607.